The number of carbonyl (C=O) groups is 1. The molecule has 106 valence electrons. The van der Waals surface area contributed by atoms with Crippen LogP contribution in [0.5, 0.6) is 0 Å². The SMILES string of the molecule is CCOC(=O)[C@@H]1CCCCN1c1nc2ccccc2s1. The topological polar surface area (TPSA) is 42.4 Å². The maximum atomic E-state index is 12.1. The second-order valence-electron chi connectivity index (χ2n) is 4.92. The first-order valence-corrected chi connectivity index (χ1v) is 7.90. The summed E-state index contributed by atoms with van der Waals surface area (Å²) in [6.07, 6.45) is 3.03. The Labute approximate surface area is 122 Å². The number of benzene rings is 1. The summed E-state index contributed by atoms with van der Waals surface area (Å²) in [7, 11) is 0. The molecule has 0 bridgehead atoms. The molecule has 1 aromatic heterocycles. The van der Waals surface area contributed by atoms with Gasteiger partial charge < -0.3 is 9.64 Å². The van der Waals surface area contributed by atoms with Crippen LogP contribution in [0.1, 0.15) is 26.2 Å². The summed E-state index contributed by atoms with van der Waals surface area (Å²) in [5.41, 5.74) is 1.00. The fourth-order valence-corrected chi connectivity index (χ4v) is 3.67. The molecule has 0 amide bonds. The molecule has 20 heavy (non-hydrogen) atoms. The maximum Gasteiger partial charge on any atom is 0.328 e. The van der Waals surface area contributed by atoms with E-state index >= 15 is 0 Å². The van der Waals surface area contributed by atoms with Crippen molar-refractivity contribution in [2.75, 3.05) is 18.1 Å². The average molecular weight is 290 g/mol. The first-order chi connectivity index (χ1) is 9.79. The van der Waals surface area contributed by atoms with Crippen LogP contribution in [0.4, 0.5) is 5.13 Å². The highest BCUT2D eigenvalue weighted by atomic mass is 32.1. The Balaban J connectivity index is 1.90. The molecule has 1 aliphatic heterocycles. The number of nitrogens with zero attached hydrogens (tertiary/aromatic N) is 2. The van der Waals surface area contributed by atoms with Crippen LogP contribution >= 0.6 is 11.3 Å². The molecular weight excluding hydrogens is 272 g/mol. The molecule has 1 aliphatic rings. The van der Waals surface area contributed by atoms with E-state index in [1.165, 1.54) is 0 Å². The molecule has 1 saturated heterocycles. The van der Waals surface area contributed by atoms with Gasteiger partial charge in [0.15, 0.2) is 5.13 Å². The number of ether oxygens (including phenoxy) is 1. The minimum Gasteiger partial charge on any atom is -0.464 e. The fourth-order valence-electron chi connectivity index (χ4n) is 2.63. The van der Waals surface area contributed by atoms with Crippen LogP contribution < -0.4 is 4.90 Å². The molecule has 0 radical (unpaired) electrons. The van der Waals surface area contributed by atoms with E-state index in [0.29, 0.717) is 6.61 Å². The molecule has 0 spiro atoms. The molecule has 1 aromatic carbocycles. The number of anilines is 1. The third-order valence-corrected chi connectivity index (χ3v) is 4.66. The van der Waals surface area contributed by atoms with Gasteiger partial charge in [-0.3, -0.25) is 0 Å². The van der Waals surface area contributed by atoms with Crippen molar-refractivity contribution >= 4 is 32.7 Å². The van der Waals surface area contributed by atoms with Crippen molar-refractivity contribution in [1.82, 2.24) is 4.98 Å². The van der Waals surface area contributed by atoms with E-state index < -0.39 is 0 Å². The Morgan fingerprint density at radius 1 is 1.45 bits per heavy atom. The van der Waals surface area contributed by atoms with Gasteiger partial charge in [0.2, 0.25) is 0 Å². The number of aromatic nitrogens is 1. The van der Waals surface area contributed by atoms with Gasteiger partial charge in [-0.05, 0) is 38.3 Å². The number of thiazole rings is 1. The van der Waals surface area contributed by atoms with Gasteiger partial charge in [-0.1, -0.05) is 23.5 Å². The monoisotopic (exact) mass is 290 g/mol. The molecular formula is C15H18N2O2S. The molecule has 5 heteroatoms. The quantitative estimate of drug-likeness (QED) is 0.814. The van der Waals surface area contributed by atoms with Crippen LogP contribution in [0.25, 0.3) is 10.2 Å². The first kappa shape index (κ1) is 13.4. The molecule has 1 atom stereocenters. The predicted molar refractivity (Wildman–Crippen MR) is 81.2 cm³/mol. The fraction of sp³-hybridized carbons (Fsp3) is 0.467. The Hall–Kier alpha value is -1.62. The molecule has 2 heterocycles. The zero-order chi connectivity index (χ0) is 13.9. The van der Waals surface area contributed by atoms with Gasteiger partial charge in [0.25, 0.3) is 0 Å². The van der Waals surface area contributed by atoms with Crippen molar-refractivity contribution in [2.24, 2.45) is 0 Å². The number of carbonyl (C=O) groups excluding carboxylic acids is 1. The summed E-state index contributed by atoms with van der Waals surface area (Å²) in [5, 5.41) is 0.934. The Bertz CT molecular complexity index is 578. The van der Waals surface area contributed by atoms with Crippen LogP contribution in [0.3, 0.4) is 0 Å². The summed E-state index contributed by atoms with van der Waals surface area (Å²) in [4.78, 5) is 18.9. The zero-order valence-electron chi connectivity index (χ0n) is 11.5. The molecule has 0 unspecified atom stereocenters. The third-order valence-electron chi connectivity index (χ3n) is 3.59. The van der Waals surface area contributed by atoms with Crippen molar-refractivity contribution < 1.29 is 9.53 Å². The lowest BCUT2D eigenvalue weighted by molar-refractivity contribution is -0.145. The van der Waals surface area contributed by atoms with Crippen molar-refractivity contribution in [2.45, 2.75) is 32.2 Å². The van der Waals surface area contributed by atoms with Gasteiger partial charge in [0.1, 0.15) is 6.04 Å². The number of hydrogen-bond donors (Lipinski definition) is 0. The van der Waals surface area contributed by atoms with E-state index in [0.717, 1.165) is 41.2 Å². The molecule has 1 fully saturated rings. The van der Waals surface area contributed by atoms with Crippen LogP contribution in [0.15, 0.2) is 24.3 Å². The predicted octanol–water partition coefficient (Wildman–Crippen LogP) is 3.22. The second kappa shape index (κ2) is 5.79. The van der Waals surface area contributed by atoms with E-state index in [1.54, 1.807) is 11.3 Å². The van der Waals surface area contributed by atoms with Gasteiger partial charge in [0.05, 0.1) is 16.8 Å². The van der Waals surface area contributed by atoms with E-state index in [4.69, 9.17) is 4.74 Å². The summed E-state index contributed by atoms with van der Waals surface area (Å²) in [6, 6.07) is 7.91. The number of rotatable bonds is 3. The van der Waals surface area contributed by atoms with Crippen molar-refractivity contribution in [3.8, 4) is 0 Å². The standard InChI is InChI=1S/C15H18N2O2S/c1-2-19-14(18)12-8-5-6-10-17(12)15-16-11-7-3-4-9-13(11)20-15/h3-4,7,9,12H,2,5-6,8,10H2,1H3/t12-/m0/s1. The Kier molecular flexibility index (Phi) is 3.87. The third kappa shape index (κ3) is 2.50. The molecule has 2 aromatic rings. The number of esters is 1. The summed E-state index contributed by atoms with van der Waals surface area (Å²) in [5.74, 6) is -0.119. The largest absolute Gasteiger partial charge is 0.464 e. The molecule has 3 rings (SSSR count). The lowest BCUT2D eigenvalue weighted by Crippen LogP contribution is -2.45. The molecule has 0 N–H and O–H groups in total. The van der Waals surface area contributed by atoms with Crippen molar-refractivity contribution in [1.29, 1.82) is 0 Å². The van der Waals surface area contributed by atoms with E-state index in [1.807, 2.05) is 25.1 Å². The summed E-state index contributed by atoms with van der Waals surface area (Å²) >= 11 is 1.65. The number of piperidine rings is 1. The smallest absolute Gasteiger partial charge is 0.328 e. The van der Waals surface area contributed by atoms with Crippen LogP contribution in [-0.4, -0.2) is 30.1 Å². The van der Waals surface area contributed by atoms with Gasteiger partial charge in [-0.25, -0.2) is 9.78 Å². The highest BCUT2D eigenvalue weighted by molar-refractivity contribution is 7.22. The van der Waals surface area contributed by atoms with Crippen LogP contribution in [-0.2, 0) is 9.53 Å². The van der Waals surface area contributed by atoms with E-state index in [2.05, 4.69) is 16.0 Å². The van der Waals surface area contributed by atoms with Gasteiger partial charge >= 0.3 is 5.97 Å². The molecule has 0 aliphatic carbocycles. The van der Waals surface area contributed by atoms with E-state index in [9.17, 15) is 4.79 Å². The van der Waals surface area contributed by atoms with Gasteiger partial charge in [-0.2, -0.15) is 0 Å². The summed E-state index contributed by atoms with van der Waals surface area (Å²) < 4.78 is 6.37. The van der Waals surface area contributed by atoms with Crippen molar-refractivity contribution in [3.05, 3.63) is 24.3 Å². The minimum absolute atomic E-state index is 0.119. The first-order valence-electron chi connectivity index (χ1n) is 7.08. The van der Waals surface area contributed by atoms with Crippen LogP contribution in [0.2, 0.25) is 0 Å². The van der Waals surface area contributed by atoms with Crippen LogP contribution in [0, 0.1) is 0 Å². The normalized spacial score (nSPS) is 19.2. The highest BCUT2D eigenvalue weighted by Crippen LogP contribution is 2.32. The Morgan fingerprint density at radius 3 is 3.10 bits per heavy atom. The van der Waals surface area contributed by atoms with Gasteiger partial charge in [0, 0.05) is 6.54 Å². The minimum atomic E-state index is -0.177. The number of hydrogen-bond acceptors (Lipinski definition) is 5. The second-order valence-corrected chi connectivity index (χ2v) is 5.93. The lowest BCUT2D eigenvalue weighted by Gasteiger charge is -2.33. The van der Waals surface area contributed by atoms with Gasteiger partial charge in [-0.15, -0.1) is 0 Å². The number of para-hydroxylation sites is 1. The zero-order valence-corrected chi connectivity index (χ0v) is 12.4. The maximum absolute atomic E-state index is 12.1. The highest BCUT2D eigenvalue weighted by Gasteiger charge is 2.31. The van der Waals surface area contributed by atoms with E-state index in [-0.39, 0.29) is 12.0 Å². The van der Waals surface area contributed by atoms with Crippen molar-refractivity contribution in [3.63, 3.8) is 0 Å². The molecule has 0 saturated carbocycles. The number of fused-ring (bicyclic) bond motifs is 1. The lowest BCUT2D eigenvalue weighted by atomic mass is 10.0. The molecule has 4 nitrogen and oxygen atoms in total. The summed E-state index contributed by atoms with van der Waals surface area (Å²) in [6.45, 7) is 3.16. The Morgan fingerprint density at radius 2 is 2.30 bits per heavy atom. The average Bonchev–Trinajstić information content (AvgIpc) is 2.91.